The highest BCUT2D eigenvalue weighted by Gasteiger charge is 2.23. The largest absolute Gasteiger partial charge is 0.472 e. The zero-order valence-electron chi connectivity index (χ0n) is 44.0. The van der Waals surface area contributed by atoms with E-state index in [0.717, 1.165) is 77.0 Å². The fourth-order valence-corrected chi connectivity index (χ4v) is 8.76. The fraction of sp³-hybridized carbons (Fsp3) is 0.793. The minimum Gasteiger partial charge on any atom is -0.463 e. The van der Waals surface area contributed by atoms with Crippen molar-refractivity contribution in [1.29, 1.82) is 0 Å². The van der Waals surface area contributed by atoms with Gasteiger partial charge < -0.3 is 20.1 Å². The van der Waals surface area contributed by atoms with Gasteiger partial charge in [-0.25, -0.2) is 4.57 Å². The van der Waals surface area contributed by atoms with Crippen LogP contribution in [0.5, 0.6) is 0 Å². The average Bonchev–Trinajstić information content (AvgIpc) is 3.33. The van der Waals surface area contributed by atoms with Gasteiger partial charge in [-0.15, -0.1) is 0 Å². The Bertz CT molecular complexity index is 1300. The Morgan fingerprint density at radius 1 is 0.471 bits per heavy atom. The molecule has 68 heavy (non-hydrogen) atoms. The van der Waals surface area contributed by atoms with Crippen LogP contribution in [0.4, 0.5) is 0 Å². The zero-order valence-corrected chi connectivity index (χ0v) is 44.9. The van der Waals surface area contributed by atoms with Crippen molar-refractivity contribution in [2.45, 2.75) is 270 Å². The van der Waals surface area contributed by atoms with Gasteiger partial charge in [-0.3, -0.25) is 18.6 Å². The summed E-state index contributed by atoms with van der Waals surface area (Å²) in [6.45, 7) is 3.47. The summed E-state index contributed by atoms with van der Waals surface area (Å²) in [5.41, 5.74) is 0. The summed E-state index contributed by atoms with van der Waals surface area (Å²) >= 11 is 0. The zero-order chi connectivity index (χ0) is 49.5. The van der Waals surface area contributed by atoms with Crippen LogP contribution >= 0.6 is 7.82 Å². The van der Waals surface area contributed by atoms with Crippen LogP contribution in [-0.4, -0.2) is 54.3 Å². The Morgan fingerprint density at radius 2 is 0.838 bits per heavy atom. The van der Waals surface area contributed by atoms with Gasteiger partial charge in [-0.2, -0.15) is 0 Å². The molecule has 0 aliphatic heterocycles. The number of nitrogens with one attached hydrogen (secondary N) is 1. The topological polar surface area (TPSA) is 131 Å². The van der Waals surface area contributed by atoms with E-state index in [1.807, 2.05) is 0 Å². The summed E-state index contributed by atoms with van der Waals surface area (Å²) in [5.74, 6) is -0.520. The fourth-order valence-electron chi connectivity index (χ4n) is 8.00. The minimum atomic E-state index is -4.43. The predicted molar refractivity (Wildman–Crippen MR) is 289 cm³/mol. The number of carbonyl (C=O) groups excluding carboxylic acids is 2. The van der Waals surface area contributed by atoms with Crippen molar-refractivity contribution in [3.8, 4) is 0 Å². The number of phosphoric acid groups is 1. The quantitative estimate of drug-likeness (QED) is 0.0238. The number of aliphatic hydroxyl groups excluding tert-OH is 1. The van der Waals surface area contributed by atoms with Crippen LogP contribution in [-0.2, 0) is 27.9 Å². The van der Waals surface area contributed by atoms with Crippen molar-refractivity contribution in [2.24, 2.45) is 0 Å². The maximum Gasteiger partial charge on any atom is 0.472 e. The Hall–Kier alpha value is -2.29. The Morgan fingerprint density at radius 3 is 1.26 bits per heavy atom. The molecule has 0 aliphatic rings. The molecule has 0 fully saturated rings. The lowest BCUT2D eigenvalue weighted by Crippen LogP contribution is -2.27. The van der Waals surface area contributed by atoms with Crippen LogP contribution in [0.3, 0.4) is 0 Å². The molecule has 2 atom stereocenters. The second-order valence-electron chi connectivity index (χ2n) is 18.9. The molecule has 0 aromatic heterocycles. The summed E-state index contributed by atoms with van der Waals surface area (Å²) in [4.78, 5) is 34.2. The third-order valence-corrected chi connectivity index (χ3v) is 13.2. The third kappa shape index (κ3) is 54.6. The van der Waals surface area contributed by atoms with Gasteiger partial charge >= 0.3 is 13.8 Å². The maximum atomic E-state index is 12.2. The number of aliphatic hydroxyl groups is 1. The minimum absolute atomic E-state index is 0.0738. The summed E-state index contributed by atoms with van der Waals surface area (Å²) in [6, 6.07) is 0. The van der Waals surface area contributed by atoms with Crippen LogP contribution < -0.4 is 5.32 Å². The molecule has 0 saturated heterocycles. The van der Waals surface area contributed by atoms with Gasteiger partial charge in [0.15, 0.2) is 0 Å². The highest BCUT2D eigenvalue weighted by molar-refractivity contribution is 7.47. The number of phosphoric ester groups is 1. The van der Waals surface area contributed by atoms with Gasteiger partial charge in [0.05, 0.1) is 13.2 Å². The first-order chi connectivity index (χ1) is 33.3. The first-order valence-electron chi connectivity index (χ1n) is 28.3. The first kappa shape index (κ1) is 65.7. The number of rotatable bonds is 53. The molecule has 3 N–H and O–H groups in total. The van der Waals surface area contributed by atoms with Crippen LogP contribution in [0.1, 0.15) is 264 Å². The molecule has 0 heterocycles. The number of hydrogen-bond donors (Lipinski definition) is 3. The molecule has 10 heteroatoms. The van der Waals surface area contributed by atoms with Crippen molar-refractivity contribution in [2.75, 3.05) is 26.4 Å². The second-order valence-corrected chi connectivity index (χ2v) is 20.3. The van der Waals surface area contributed by atoms with E-state index in [2.05, 4.69) is 79.9 Å². The smallest absolute Gasteiger partial charge is 0.463 e. The molecule has 2 unspecified atom stereocenters. The molecule has 9 nitrogen and oxygen atoms in total. The summed E-state index contributed by atoms with van der Waals surface area (Å²) in [5, 5.41) is 12.8. The average molecular weight is 976 g/mol. The van der Waals surface area contributed by atoms with Gasteiger partial charge in [0.2, 0.25) is 5.91 Å². The highest BCUT2D eigenvalue weighted by atomic mass is 31.2. The number of unbranched alkanes of at least 4 members (excludes halogenated alkanes) is 30. The van der Waals surface area contributed by atoms with E-state index in [9.17, 15) is 24.2 Å². The third-order valence-electron chi connectivity index (χ3n) is 12.2. The molecule has 0 spiro atoms. The standard InChI is InChI=1S/C58H106NO8P/c1-3-5-7-9-11-13-15-17-19-21-23-25-27-29-31-33-35-37-39-41-43-45-47-49-51-58(62)65-54-56(60)55-67-68(63,64)66-53-52-59-57(61)50-48-46-44-42-40-38-36-34-32-30-28-26-24-22-20-18-16-14-12-10-8-6-4-2/h6,8,12,14,18,20,24,26,30,32,56,60H,3-5,7,9-11,13,15-17,19,21-23,25,27-29,31,33-55H2,1-2H3,(H,59,61)(H,63,64)/b8-6-,14-12-,20-18-,26-24-,32-30-. The number of carbonyl (C=O) groups is 2. The summed E-state index contributed by atoms with van der Waals surface area (Å²) in [7, 11) is -4.43. The van der Waals surface area contributed by atoms with Crippen LogP contribution in [0.15, 0.2) is 60.8 Å². The molecule has 1 amide bonds. The molecule has 0 aromatic carbocycles. The van der Waals surface area contributed by atoms with E-state index < -0.39 is 26.5 Å². The highest BCUT2D eigenvalue weighted by Crippen LogP contribution is 2.42. The van der Waals surface area contributed by atoms with Crippen LogP contribution in [0.2, 0.25) is 0 Å². The van der Waals surface area contributed by atoms with Crippen LogP contribution in [0.25, 0.3) is 0 Å². The number of ether oxygens (including phenoxy) is 1. The summed E-state index contributed by atoms with van der Waals surface area (Å²) < 4.78 is 27.1. The van der Waals surface area contributed by atoms with Gasteiger partial charge in [-0.05, 0) is 57.8 Å². The Kier molecular flexibility index (Phi) is 52.2. The van der Waals surface area contributed by atoms with Crippen molar-refractivity contribution < 1.29 is 37.9 Å². The molecule has 0 radical (unpaired) electrons. The monoisotopic (exact) mass is 976 g/mol. The number of hydrogen-bond acceptors (Lipinski definition) is 7. The Balaban J connectivity index is 3.54. The van der Waals surface area contributed by atoms with Crippen molar-refractivity contribution in [3.05, 3.63) is 60.8 Å². The van der Waals surface area contributed by atoms with E-state index >= 15 is 0 Å². The van der Waals surface area contributed by atoms with Gasteiger partial charge in [0.1, 0.15) is 12.7 Å². The van der Waals surface area contributed by atoms with E-state index in [0.29, 0.717) is 6.42 Å². The normalized spacial score (nSPS) is 13.5. The molecule has 0 aromatic rings. The molecule has 0 bridgehead atoms. The SMILES string of the molecule is CC/C=C\C/C=C\C/C=C\C/C=C\C/C=C\CCCCCCCCCC(=O)NCCOP(=O)(O)OCC(O)COC(=O)CCCCCCCCCCCCCCCCCCCCCCCCCC. The lowest BCUT2D eigenvalue weighted by atomic mass is 10.0. The molecular weight excluding hydrogens is 870 g/mol. The van der Waals surface area contributed by atoms with Crippen LogP contribution in [0, 0.1) is 0 Å². The van der Waals surface area contributed by atoms with E-state index in [4.69, 9.17) is 13.8 Å². The number of amides is 1. The van der Waals surface area contributed by atoms with E-state index in [-0.39, 0.29) is 32.1 Å². The molecule has 396 valence electrons. The van der Waals surface area contributed by atoms with Gasteiger partial charge in [-0.1, -0.05) is 254 Å². The van der Waals surface area contributed by atoms with Crippen molar-refractivity contribution in [3.63, 3.8) is 0 Å². The number of esters is 1. The van der Waals surface area contributed by atoms with E-state index in [1.54, 1.807) is 0 Å². The molecular formula is C58H106NO8P. The predicted octanol–water partition coefficient (Wildman–Crippen LogP) is 17.2. The van der Waals surface area contributed by atoms with Gasteiger partial charge in [0, 0.05) is 19.4 Å². The molecule has 0 saturated carbocycles. The second kappa shape index (κ2) is 54.1. The van der Waals surface area contributed by atoms with Gasteiger partial charge in [0.25, 0.3) is 0 Å². The summed E-state index contributed by atoms with van der Waals surface area (Å²) in [6.07, 6.45) is 67.4. The maximum absolute atomic E-state index is 12.2. The van der Waals surface area contributed by atoms with E-state index in [1.165, 1.54) is 161 Å². The Labute approximate surface area is 418 Å². The van der Waals surface area contributed by atoms with Crippen molar-refractivity contribution >= 4 is 19.7 Å². The van der Waals surface area contributed by atoms with Crippen molar-refractivity contribution in [1.82, 2.24) is 5.32 Å². The lowest BCUT2D eigenvalue weighted by molar-refractivity contribution is -0.147. The molecule has 0 rings (SSSR count). The molecule has 0 aliphatic carbocycles. The number of allylic oxidation sites excluding steroid dienone is 10. The first-order valence-corrected chi connectivity index (χ1v) is 29.8. The lowest BCUT2D eigenvalue weighted by Gasteiger charge is -2.15.